The Bertz CT molecular complexity index is 556. The summed E-state index contributed by atoms with van der Waals surface area (Å²) >= 11 is 5.21. The van der Waals surface area contributed by atoms with Crippen molar-refractivity contribution in [3.8, 4) is 5.75 Å². The Morgan fingerprint density at radius 2 is 2.05 bits per heavy atom. The largest absolute Gasteiger partial charge is 0.508 e. The van der Waals surface area contributed by atoms with Crippen LogP contribution in [0.5, 0.6) is 5.75 Å². The standard InChI is InChI=1S/C14H16N2O2S/c17-10-6-2-1-4-8(10)13-12-9(15-14(19)16-13)5-3-7-11(12)18/h1-2,4,6,11,13,17-18H,3,5,7H2,(H2,15,16,19). The van der Waals surface area contributed by atoms with E-state index in [1.807, 2.05) is 12.1 Å². The number of aromatic hydroxyl groups is 1. The van der Waals surface area contributed by atoms with E-state index < -0.39 is 6.10 Å². The summed E-state index contributed by atoms with van der Waals surface area (Å²) in [6, 6.07) is 6.91. The van der Waals surface area contributed by atoms with E-state index >= 15 is 0 Å². The SMILES string of the molecule is Oc1ccccc1C1NC(=S)NC2=C1C(O)CCC2. The molecule has 100 valence electrons. The second-order valence-electron chi connectivity index (χ2n) is 4.93. The Morgan fingerprint density at radius 1 is 1.26 bits per heavy atom. The molecular formula is C14H16N2O2S. The van der Waals surface area contributed by atoms with Gasteiger partial charge in [0.1, 0.15) is 5.75 Å². The number of hydrogen-bond donors (Lipinski definition) is 4. The van der Waals surface area contributed by atoms with Crippen molar-refractivity contribution in [2.24, 2.45) is 0 Å². The number of thiocarbonyl (C=S) groups is 1. The first-order valence-corrected chi connectivity index (χ1v) is 6.84. The maximum atomic E-state index is 10.3. The number of aliphatic hydroxyl groups is 1. The molecule has 3 rings (SSSR count). The molecule has 2 unspecified atom stereocenters. The Labute approximate surface area is 117 Å². The van der Waals surface area contributed by atoms with Crippen LogP contribution in [0.1, 0.15) is 30.9 Å². The molecule has 19 heavy (non-hydrogen) atoms. The minimum atomic E-state index is -0.489. The first-order chi connectivity index (χ1) is 9.16. The summed E-state index contributed by atoms with van der Waals surface area (Å²) in [6.45, 7) is 0. The Hall–Kier alpha value is -1.59. The summed E-state index contributed by atoms with van der Waals surface area (Å²) in [6.07, 6.45) is 2.09. The monoisotopic (exact) mass is 276 g/mol. The number of benzene rings is 1. The molecule has 5 heteroatoms. The molecule has 1 aromatic rings. The van der Waals surface area contributed by atoms with Crippen LogP contribution in [0.25, 0.3) is 0 Å². The van der Waals surface area contributed by atoms with Crippen LogP contribution in [0.15, 0.2) is 35.5 Å². The molecule has 0 fully saturated rings. The molecule has 4 nitrogen and oxygen atoms in total. The molecule has 1 heterocycles. The van der Waals surface area contributed by atoms with Gasteiger partial charge in [-0.2, -0.15) is 0 Å². The number of rotatable bonds is 1. The molecule has 2 aliphatic rings. The number of phenolic OH excluding ortho intramolecular Hbond substituents is 1. The van der Waals surface area contributed by atoms with Crippen LogP contribution in [0.4, 0.5) is 0 Å². The topological polar surface area (TPSA) is 64.5 Å². The van der Waals surface area contributed by atoms with E-state index in [4.69, 9.17) is 12.2 Å². The van der Waals surface area contributed by atoms with Crippen LogP contribution in [0, 0.1) is 0 Å². The van der Waals surface area contributed by atoms with E-state index in [-0.39, 0.29) is 11.8 Å². The number of hydrogen-bond acceptors (Lipinski definition) is 3. The zero-order valence-electron chi connectivity index (χ0n) is 10.4. The van der Waals surface area contributed by atoms with Crippen molar-refractivity contribution in [3.63, 3.8) is 0 Å². The molecule has 0 spiro atoms. The number of aliphatic hydroxyl groups excluding tert-OH is 1. The van der Waals surface area contributed by atoms with E-state index in [0.717, 1.165) is 36.1 Å². The van der Waals surface area contributed by atoms with Crippen LogP contribution < -0.4 is 10.6 Å². The third-order valence-electron chi connectivity index (χ3n) is 3.71. The molecule has 0 amide bonds. The lowest BCUT2D eigenvalue weighted by molar-refractivity contribution is 0.176. The highest BCUT2D eigenvalue weighted by Gasteiger charge is 2.34. The third kappa shape index (κ3) is 2.19. The maximum absolute atomic E-state index is 10.3. The van der Waals surface area contributed by atoms with E-state index in [0.29, 0.717) is 5.11 Å². The van der Waals surface area contributed by atoms with Crippen LogP contribution in [-0.4, -0.2) is 21.4 Å². The number of allylic oxidation sites excluding steroid dienone is 1. The van der Waals surface area contributed by atoms with Crippen molar-refractivity contribution < 1.29 is 10.2 Å². The van der Waals surface area contributed by atoms with Crippen molar-refractivity contribution in [2.75, 3.05) is 0 Å². The predicted octanol–water partition coefficient (Wildman–Crippen LogP) is 1.71. The van der Waals surface area contributed by atoms with Gasteiger partial charge in [-0.25, -0.2) is 0 Å². The highest BCUT2D eigenvalue weighted by molar-refractivity contribution is 7.80. The van der Waals surface area contributed by atoms with Gasteiger partial charge in [-0.15, -0.1) is 0 Å². The number of phenols is 1. The van der Waals surface area contributed by atoms with E-state index in [9.17, 15) is 10.2 Å². The van der Waals surface area contributed by atoms with Crippen LogP contribution in [-0.2, 0) is 0 Å². The predicted molar refractivity (Wildman–Crippen MR) is 76.6 cm³/mol. The fourth-order valence-corrected chi connectivity index (χ4v) is 3.07. The van der Waals surface area contributed by atoms with Gasteiger partial charge in [-0.1, -0.05) is 18.2 Å². The van der Waals surface area contributed by atoms with Crippen molar-refractivity contribution in [1.29, 1.82) is 0 Å². The minimum Gasteiger partial charge on any atom is -0.508 e. The van der Waals surface area contributed by atoms with Gasteiger partial charge in [0.2, 0.25) is 0 Å². The lowest BCUT2D eigenvalue weighted by Crippen LogP contribution is -2.47. The fraction of sp³-hybridized carbons (Fsp3) is 0.357. The second-order valence-corrected chi connectivity index (χ2v) is 5.34. The van der Waals surface area contributed by atoms with Crippen LogP contribution in [0.3, 0.4) is 0 Å². The zero-order valence-corrected chi connectivity index (χ0v) is 11.2. The average molecular weight is 276 g/mol. The number of nitrogens with one attached hydrogen (secondary N) is 2. The van der Waals surface area contributed by atoms with Crippen LogP contribution >= 0.6 is 12.2 Å². The lowest BCUT2D eigenvalue weighted by atomic mass is 9.84. The summed E-state index contributed by atoms with van der Waals surface area (Å²) in [5.41, 5.74) is 2.65. The van der Waals surface area contributed by atoms with E-state index in [1.54, 1.807) is 12.1 Å². The summed E-state index contributed by atoms with van der Waals surface area (Å²) in [5, 5.41) is 27.1. The molecule has 1 aliphatic carbocycles. The van der Waals surface area contributed by atoms with Gasteiger partial charge in [0.25, 0.3) is 0 Å². The highest BCUT2D eigenvalue weighted by atomic mass is 32.1. The molecule has 2 atom stereocenters. The Balaban J connectivity index is 2.08. The summed E-state index contributed by atoms with van der Waals surface area (Å²) in [7, 11) is 0. The van der Waals surface area contributed by atoms with Crippen molar-refractivity contribution in [3.05, 3.63) is 41.1 Å². The zero-order chi connectivity index (χ0) is 13.4. The van der Waals surface area contributed by atoms with E-state index in [2.05, 4.69) is 10.6 Å². The van der Waals surface area contributed by atoms with Crippen molar-refractivity contribution in [1.82, 2.24) is 10.6 Å². The van der Waals surface area contributed by atoms with Gasteiger partial charge in [-0.05, 0) is 37.5 Å². The first kappa shape index (κ1) is 12.4. The molecule has 0 saturated carbocycles. The molecule has 0 bridgehead atoms. The summed E-state index contributed by atoms with van der Waals surface area (Å²) in [4.78, 5) is 0. The lowest BCUT2D eigenvalue weighted by Gasteiger charge is -2.37. The molecule has 4 N–H and O–H groups in total. The van der Waals surface area contributed by atoms with Crippen LogP contribution in [0.2, 0.25) is 0 Å². The van der Waals surface area contributed by atoms with E-state index in [1.165, 1.54) is 0 Å². The molecule has 0 saturated heterocycles. The maximum Gasteiger partial charge on any atom is 0.171 e. The molecule has 0 radical (unpaired) electrons. The molecule has 1 aromatic carbocycles. The third-order valence-corrected chi connectivity index (χ3v) is 3.93. The van der Waals surface area contributed by atoms with Crippen molar-refractivity contribution in [2.45, 2.75) is 31.4 Å². The van der Waals surface area contributed by atoms with Gasteiger partial charge in [-0.3, -0.25) is 0 Å². The normalized spacial score (nSPS) is 26.5. The van der Waals surface area contributed by atoms with Gasteiger partial charge in [0.15, 0.2) is 5.11 Å². The molecule has 1 aliphatic heterocycles. The van der Waals surface area contributed by atoms with Crippen molar-refractivity contribution >= 4 is 17.3 Å². The summed E-state index contributed by atoms with van der Waals surface area (Å²) in [5.74, 6) is 0.217. The fourth-order valence-electron chi connectivity index (χ4n) is 2.83. The quantitative estimate of drug-likeness (QED) is 0.588. The van der Waals surface area contributed by atoms with Gasteiger partial charge in [0.05, 0.1) is 12.1 Å². The molecule has 0 aromatic heterocycles. The van der Waals surface area contributed by atoms with Gasteiger partial charge < -0.3 is 20.8 Å². The van der Waals surface area contributed by atoms with Gasteiger partial charge in [0, 0.05) is 16.8 Å². The Morgan fingerprint density at radius 3 is 2.84 bits per heavy atom. The summed E-state index contributed by atoms with van der Waals surface area (Å²) < 4.78 is 0. The smallest absolute Gasteiger partial charge is 0.171 e. The second kappa shape index (κ2) is 4.83. The highest BCUT2D eigenvalue weighted by Crippen LogP contribution is 2.38. The Kier molecular flexibility index (Phi) is 3.16. The minimum absolute atomic E-state index is 0.217. The average Bonchev–Trinajstić information content (AvgIpc) is 2.38. The number of para-hydroxylation sites is 1. The van der Waals surface area contributed by atoms with Gasteiger partial charge >= 0.3 is 0 Å². The molecular weight excluding hydrogens is 260 g/mol. The first-order valence-electron chi connectivity index (χ1n) is 6.43.